The van der Waals surface area contributed by atoms with E-state index in [1.54, 1.807) is 7.11 Å². The van der Waals surface area contributed by atoms with Gasteiger partial charge in [0.25, 0.3) is 0 Å². The topological polar surface area (TPSA) is 73.1 Å². The minimum absolute atomic E-state index is 0.0456. The predicted octanol–water partition coefficient (Wildman–Crippen LogP) is 2.14. The van der Waals surface area contributed by atoms with Crippen molar-refractivity contribution in [2.45, 2.75) is 51.7 Å². The van der Waals surface area contributed by atoms with Gasteiger partial charge in [-0.2, -0.15) is 4.80 Å². The van der Waals surface area contributed by atoms with Gasteiger partial charge < -0.3 is 9.64 Å². The summed E-state index contributed by atoms with van der Waals surface area (Å²) in [5.74, 6) is 1.27. The molecule has 1 aliphatic heterocycles. The summed E-state index contributed by atoms with van der Waals surface area (Å²) in [5, 5.41) is 12.4. The lowest BCUT2D eigenvalue weighted by Gasteiger charge is -2.38. The van der Waals surface area contributed by atoms with Gasteiger partial charge in [0, 0.05) is 17.6 Å². The van der Waals surface area contributed by atoms with Crippen molar-refractivity contribution in [3.63, 3.8) is 0 Å². The Morgan fingerprint density at radius 1 is 1.29 bits per heavy atom. The molecule has 3 rings (SSSR count). The molecule has 2 heterocycles. The first-order valence-corrected chi connectivity index (χ1v) is 8.32. The molecule has 0 saturated carbocycles. The Labute approximate surface area is 141 Å². The normalized spacial score (nSPS) is 20.9. The monoisotopic (exact) mass is 329 g/mol. The predicted molar refractivity (Wildman–Crippen MR) is 89.4 cm³/mol. The van der Waals surface area contributed by atoms with E-state index in [1.165, 1.54) is 11.2 Å². The Hall–Kier alpha value is -2.44. The lowest BCUT2D eigenvalue weighted by Crippen LogP contribution is -2.48. The number of aromatic nitrogens is 4. The number of hydrogen-bond acceptors (Lipinski definition) is 5. The molecular formula is C17H23N5O2. The van der Waals surface area contributed by atoms with Crippen molar-refractivity contribution in [1.29, 1.82) is 0 Å². The largest absolute Gasteiger partial charge is 0.497 e. The zero-order chi connectivity index (χ0) is 17.1. The van der Waals surface area contributed by atoms with Gasteiger partial charge in [0.05, 0.1) is 7.11 Å². The second-order valence-electron chi connectivity index (χ2n) is 6.31. The van der Waals surface area contributed by atoms with Gasteiger partial charge in [-0.25, -0.2) is 0 Å². The Morgan fingerprint density at radius 2 is 2.04 bits per heavy atom. The van der Waals surface area contributed by atoms with Gasteiger partial charge in [-0.3, -0.25) is 4.79 Å². The molecule has 1 fully saturated rings. The van der Waals surface area contributed by atoms with Crippen molar-refractivity contribution in [3.8, 4) is 17.1 Å². The van der Waals surface area contributed by atoms with Crippen LogP contribution in [-0.4, -0.2) is 50.2 Å². The summed E-state index contributed by atoms with van der Waals surface area (Å²) < 4.78 is 5.21. The fraction of sp³-hybridized carbons (Fsp3) is 0.529. The SMILES string of the molecule is COc1cccc(-c2nnn(CC(=O)N3[C@H](C)CCC[C@@H]3C)n2)c1. The zero-order valence-electron chi connectivity index (χ0n) is 14.3. The van der Waals surface area contributed by atoms with E-state index in [9.17, 15) is 4.79 Å². The van der Waals surface area contributed by atoms with Gasteiger partial charge in [0.1, 0.15) is 12.3 Å². The molecule has 1 aliphatic rings. The van der Waals surface area contributed by atoms with Crippen molar-refractivity contribution >= 4 is 5.91 Å². The van der Waals surface area contributed by atoms with Crippen molar-refractivity contribution in [2.75, 3.05) is 7.11 Å². The Balaban J connectivity index is 1.72. The molecule has 128 valence electrons. The number of ether oxygens (including phenoxy) is 1. The highest BCUT2D eigenvalue weighted by Gasteiger charge is 2.29. The lowest BCUT2D eigenvalue weighted by atomic mass is 9.97. The van der Waals surface area contributed by atoms with Crippen LogP contribution in [0.1, 0.15) is 33.1 Å². The maximum atomic E-state index is 12.6. The van der Waals surface area contributed by atoms with E-state index in [2.05, 4.69) is 29.3 Å². The van der Waals surface area contributed by atoms with Crippen LogP contribution < -0.4 is 4.74 Å². The van der Waals surface area contributed by atoms with Crippen LogP contribution in [0.3, 0.4) is 0 Å². The van der Waals surface area contributed by atoms with E-state index in [-0.39, 0.29) is 24.5 Å². The molecule has 0 unspecified atom stereocenters. The van der Waals surface area contributed by atoms with E-state index in [1.807, 2.05) is 29.2 Å². The van der Waals surface area contributed by atoms with Crippen LogP contribution >= 0.6 is 0 Å². The van der Waals surface area contributed by atoms with Crippen molar-refractivity contribution in [3.05, 3.63) is 24.3 Å². The number of benzene rings is 1. The van der Waals surface area contributed by atoms with Gasteiger partial charge in [0.2, 0.25) is 11.7 Å². The molecule has 24 heavy (non-hydrogen) atoms. The fourth-order valence-corrected chi connectivity index (χ4v) is 3.30. The highest BCUT2D eigenvalue weighted by molar-refractivity contribution is 5.76. The number of rotatable bonds is 4. The summed E-state index contributed by atoms with van der Waals surface area (Å²) >= 11 is 0. The number of amides is 1. The summed E-state index contributed by atoms with van der Waals surface area (Å²) in [5.41, 5.74) is 0.813. The molecule has 0 N–H and O–H groups in total. The Morgan fingerprint density at radius 3 is 2.75 bits per heavy atom. The third kappa shape index (κ3) is 3.39. The summed E-state index contributed by atoms with van der Waals surface area (Å²) in [6.07, 6.45) is 3.28. The highest BCUT2D eigenvalue weighted by atomic mass is 16.5. The van der Waals surface area contributed by atoms with Crippen LogP contribution in [0.5, 0.6) is 5.75 Å². The van der Waals surface area contributed by atoms with Gasteiger partial charge >= 0.3 is 0 Å². The summed E-state index contributed by atoms with van der Waals surface area (Å²) in [6.45, 7) is 4.32. The summed E-state index contributed by atoms with van der Waals surface area (Å²) in [4.78, 5) is 15.9. The summed E-state index contributed by atoms with van der Waals surface area (Å²) in [7, 11) is 1.61. The number of hydrogen-bond donors (Lipinski definition) is 0. The van der Waals surface area contributed by atoms with Crippen LogP contribution in [0, 0.1) is 0 Å². The van der Waals surface area contributed by atoms with E-state index < -0.39 is 0 Å². The van der Waals surface area contributed by atoms with Crippen LogP contribution in [0.15, 0.2) is 24.3 Å². The second kappa shape index (κ2) is 6.98. The van der Waals surface area contributed by atoms with E-state index >= 15 is 0 Å². The average molecular weight is 329 g/mol. The number of methoxy groups -OCH3 is 1. The molecule has 1 aromatic carbocycles. The molecule has 1 aromatic heterocycles. The average Bonchev–Trinajstić information content (AvgIpc) is 3.03. The summed E-state index contributed by atoms with van der Waals surface area (Å²) in [6, 6.07) is 8.00. The highest BCUT2D eigenvalue weighted by Crippen LogP contribution is 2.23. The number of tetrazole rings is 1. The van der Waals surface area contributed by atoms with Crippen LogP contribution in [0.25, 0.3) is 11.4 Å². The standard InChI is InChI=1S/C17H23N5O2/c1-12-6-4-7-13(2)22(12)16(23)11-21-19-17(18-20-21)14-8-5-9-15(10-14)24-3/h5,8-10,12-13H,4,6-7,11H2,1-3H3/t12-,13+. The smallest absolute Gasteiger partial charge is 0.246 e. The van der Waals surface area contributed by atoms with Crippen LogP contribution in [0.4, 0.5) is 0 Å². The van der Waals surface area contributed by atoms with Gasteiger partial charge in [-0.1, -0.05) is 12.1 Å². The number of carbonyl (C=O) groups is 1. The maximum absolute atomic E-state index is 12.6. The van der Waals surface area contributed by atoms with Gasteiger partial charge in [-0.05, 0) is 50.5 Å². The first-order valence-electron chi connectivity index (χ1n) is 8.32. The molecular weight excluding hydrogens is 306 g/mol. The molecule has 1 amide bonds. The molecule has 0 spiro atoms. The maximum Gasteiger partial charge on any atom is 0.246 e. The molecule has 0 aliphatic carbocycles. The van der Waals surface area contributed by atoms with Gasteiger partial charge in [0.15, 0.2) is 0 Å². The lowest BCUT2D eigenvalue weighted by molar-refractivity contribution is -0.138. The fourth-order valence-electron chi connectivity index (χ4n) is 3.30. The quantitative estimate of drug-likeness (QED) is 0.859. The second-order valence-corrected chi connectivity index (χ2v) is 6.31. The number of likely N-dealkylation sites (tertiary alicyclic amines) is 1. The molecule has 0 radical (unpaired) electrons. The number of nitrogens with zero attached hydrogens (tertiary/aromatic N) is 5. The third-order valence-corrected chi connectivity index (χ3v) is 4.54. The van der Waals surface area contributed by atoms with Crippen LogP contribution in [0.2, 0.25) is 0 Å². The minimum atomic E-state index is 0.0456. The Kier molecular flexibility index (Phi) is 4.78. The molecule has 2 atom stereocenters. The van der Waals surface area contributed by atoms with E-state index in [0.29, 0.717) is 5.82 Å². The van der Waals surface area contributed by atoms with Crippen molar-refractivity contribution < 1.29 is 9.53 Å². The number of piperidine rings is 1. The van der Waals surface area contributed by atoms with Gasteiger partial charge in [-0.15, -0.1) is 10.2 Å². The molecule has 2 aromatic rings. The zero-order valence-corrected chi connectivity index (χ0v) is 14.3. The Bertz CT molecular complexity index is 705. The minimum Gasteiger partial charge on any atom is -0.497 e. The number of carbonyl (C=O) groups excluding carboxylic acids is 1. The van der Waals surface area contributed by atoms with Crippen molar-refractivity contribution in [1.82, 2.24) is 25.1 Å². The third-order valence-electron chi connectivity index (χ3n) is 4.54. The van der Waals surface area contributed by atoms with E-state index in [0.717, 1.165) is 24.2 Å². The molecule has 7 heteroatoms. The first-order chi connectivity index (χ1) is 11.6. The van der Waals surface area contributed by atoms with Crippen LogP contribution in [-0.2, 0) is 11.3 Å². The first kappa shape index (κ1) is 16.4. The molecule has 7 nitrogen and oxygen atoms in total. The molecule has 1 saturated heterocycles. The molecule has 0 bridgehead atoms. The van der Waals surface area contributed by atoms with E-state index in [4.69, 9.17) is 4.74 Å². The van der Waals surface area contributed by atoms with Crippen molar-refractivity contribution in [2.24, 2.45) is 0 Å².